The third-order valence-electron chi connectivity index (χ3n) is 4.73. The van der Waals surface area contributed by atoms with Gasteiger partial charge in [-0.25, -0.2) is 4.98 Å². The lowest BCUT2D eigenvalue weighted by atomic mass is 10.1. The number of hydrogen-bond donors (Lipinski definition) is 2. The van der Waals surface area contributed by atoms with E-state index in [9.17, 15) is 4.79 Å². The summed E-state index contributed by atoms with van der Waals surface area (Å²) in [5, 5.41) is 17.4. The Balaban J connectivity index is 1.37. The molecule has 0 fully saturated rings. The minimum absolute atomic E-state index is 0.0532. The van der Waals surface area contributed by atoms with Gasteiger partial charge in [0.15, 0.2) is 0 Å². The molecule has 0 saturated heterocycles. The highest BCUT2D eigenvalue weighted by atomic mass is 16.5. The summed E-state index contributed by atoms with van der Waals surface area (Å²) < 4.78 is 7.58. The van der Waals surface area contributed by atoms with Gasteiger partial charge >= 0.3 is 5.97 Å². The molecule has 0 aliphatic carbocycles. The van der Waals surface area contributed by atoms with Gasteiger partial charge in [-0.05, 0) is 42.7 Å². The smallest absolute Gasteiger partial charge is 0.305 e. The Morgan fingerprint density at radius 3 is 3.11 bits per heavy atom. The number of carbonyl (C=O) groups is 1. The van der Waals surface area contributed by atoms with Crippen molar-refractivity contribution < 1.29 is 14.6 Å². The molecule has 0 radical (unpaired) electrons. The summed E-state index contributed by atoms with van der Waals surface area (Å²) >= 11 is 0. The Morgan fingerprint density at radius 2 is 2.22 bits per heavy atom. The van der Waals surface area contributed by atoms with E-state index in [4.69, 9.17) is 9.84 Å². The fraction of sp³-hybridized carbons (Fsp3) is 0.350. The number of aromatic nitrogens is 3. The van der Waals surface area contributed by atoms with E-state index in [2.05, 4.69) is 27.5 Å². The fourth-order valence-corrected chi connectivity index (χ4v) is 3.32. The number of nitrogens with one attached hydrogen (secondary N) is 1. The van der Waals surface area contributed by atoms with Crippen LogP contribution in [0.3, 0.4) is 0 Å². The largest absolute Gasteiger partial charge is 0.493 e. The van der Waals surface area contributed by atoms with Gasteiger partial charge in [0.1, 0.15) is 11.6 Å². The molecule has 1 aliphatic rings. The maximum absolute atomic E-state index is 10.7. The molecule has 7 nitrogen and oxygen atoms in total. The van der Waals surface area contributed by atoms with Crippen LogP contribution >= 0.6 is 0 Å². The topological polar surface area (TPSA) is 89.3 Å². The highest BCUT2D eigenvalue weighted by Crippen LogP contribution is 2.22. The fourth-order valence-electron chi connectivity index (χ4n) is 3.32. The van der Waals surface area contributed by atoms with E-state index in [1.54, 1.807) is 10.9 Å². The van der Waals surface area contributed by atoms with Crippen molar-refractivity contribution >= 4 is 22.7 Å². The third kappa shape index (κ3) is 4.02. The van der Waals surface area contributed by atoms with Crippen LogP contribution < -0.4 is 10.1 Å². The van der Waals surface area contributed by atoms with Crippen LogP contribution in [0.15, 0.2) is 36.5 Å². The first kappa shape index (κ1) is 17.3. The van der Waals surface area contributed by atoms with Crippen LogP contribution in [0.1, 0.15) is 24.1 Å². The highest BCUT2D eigenvalue weighted by Gasteiger charge is 2.10. The molecule has 2 N–H and O–H groups in total. The van der Waals surface area contributed by atoms with Gasteiger partial charge in [0.2, 0.25) is 0 Å². The van der Waals surface area contributed by atoms with Crippen LogP contribution in [0.25, 0.3) is 10.9 Å². The molecule has 3 heterocycles. The second kappa shape index (κ2) is 7.65. The van der Waals surface area contributed by atoms with E-state index < -0.39 is 5.97 Å². The summed E-state index contributed by atoms with van der Waals surface area (Å²) in [6, 6.07) is 9.97. The van der Waals surface area contributed by atoms with Gasteiger partial charge in [-0.1, -0.05) is 6.07 Å². The monoisotopic (exact) mass is 366 g/mol. The number of benzene rings is 1. The van der Waals surface area contributed by atoms with Crippen molar-refractivity contribution in [3.8, 4) is 5.75 Å². The molecule has 0 amide bonds. The van der Waals surface area contributed by atoms with Crippen LogP contribution in [0.2, 0.25) is 0 Å². The summed E-state index contributed by atoms with van der Waals surface area (Å²) in [6.45, 7) is 1.89. The van der Waals surface area contributed by atoms with Crippen LogP contribution in [-0.2, 0) is 24.2 Å². The normalized spacial score (nSPS) is 13.2. The molecule has 0 saturated carbocycles. The first-order valence-electron chi connectivity index (χ1n) is 9.22. The second-order valence-corrected chi connectivity index (χ2v) is 6.67. The van der Waals surface area contributed by atoms with Crippen LogP contribution in [-0.4, -0.2) is 39.0 Å². The van der Waals surface area contributed by atoms with Crippen molar-refractivity contribution in [2.75, 3.05) is 18.5 Å². The maximum Gasteiger partial charge on any atom is 0.305 e. The Labute approximate surface area is 157 Å². The molecular formula is C20H22N4O3. The van der Waals surface area contributed by atoms with E-state index in [0.29, 0.717) is 13.2 Å². The SMILES string of the molecule is O=C(O)CCn1ncc2cc(OCCc3ccc4c(n3)NCCC4)ccc21. The average molecular weight is 366 g/mol. The average Bonchev–Trinajstić information content (AvgIpc) is 3.08. The molecule has 4 rings (SSSR count). The Morgan fingerprint density at radius 1 is 1.30 bits per heavy atom. The predicted octanol–water partition coefficient (Wildman–Crippen LogP) is 2.89. The molecule has 0 unspecified atom stereocenters. The number of hydrogen-bond acceptors (Lipinski definition) is 5. The third-order valence-corrected chi connectivity index (χ3v) is 4.73. The summed E-state index contributed by atoms with van der Waals surface area (Å²) in [5.74, 6) is 0.954. The van der Waals surface area contributed by atoms with Crippen molar-refractivity contribution in [2.45, 2.75) is 32.2 Å². The molecule has 1 aromatic carbocycles. The van der Waals surface area contributed by atoms with Crippen LogP contribution in [0.5, 0.6) is 5.75 Å². The molecule has 0 spiro atoms. The summed E-state index contributed by atoms with van der Waals surface area (Å²) in [5.41, 5.74) is 3.22. The molecule has 2 aromatic heterocycles. The number of pyridine rings is 1. The first-order valence-corrected chi connectivity index (χ1v) is 9.22. The standard InChI is InChI=1S/C20H22N4O3/c25-19(26)7-10-24-18-6-5-17(12-15(18)13-22-24)27-11-8-16-4-3-14-2-1-9-21-20(14)23-16/h3-6,12-13H,1-2,7-11H2,(H,21,23)(H,25,26). The number of anilines is 1. The van der Waals surface area contributed by atoms with Gasteiger partial charge in [-0.15, -0.1) is 0 Å². The van der Waals surface area contributed by atoms with Gasteiger partial charge in [0.25, 0.3) is 0 Å². The van der Waals surface area contributed by atoms with Crippen molar-refractivity contribution in [3.63, 3.8) is 0 Å². The maximum atomic E-state index is 10.7. The zero-order valence-electron chi connectivity index (χ0n) is 15.0. The van der Waals surface area contributed by atoms with Gasteiger partial charge in [-0.3, -0.25) is 9.48 Å². The summed E-state index contributed by atoms with van der Waals surface area (Å²) in [4.78, 5) is 15.4. The van der Waals surface area contributed by atoms with Gasteiger partial charge in [-0.2, -0.15) is 5.10 Å². The number of carboxylic acids is 1. The number of carboxylic acid groups (broad SMARTS) is 1. The number of aryl methyl sites for hydroxylation is 2. The first-order chi connectivity index (χ1) is 13.2. The van der Waals surface area contributed by atoms with Gasteiger partial charge in [0, 0.05) is 24.0 Å². The van der Waals surface area contributed by atoms with Crippen LogP contribution in [0.4, 0.5) is 5.82 Å². The Bertz CT molecular complexity index is 967. The highest BCUT2D eigenvalue weighted by molar-refractivity contribution is 5.80. The Kier molecular flexibility index (Phi) is 4.91. The quantitative estimate of drug-likeness (QED) is 0.668. The van der Waals surface area contributed by atoms with E-state index in [-0.39, 0.29) is 6.42 Å². The summed E-state index contributed by atoms with van der Waals surface area (Å²) in [7, 11) is 0. The van der Waals surface area contributed by atoms with Crippen molar-refractivity contribution in [1.29, 1.82) is 0 Å². The predicted molar refractivity (Wildman–Crippen MR) is 102 cm³/mol. The zero-order chi connectivity index (χ0) is 18.6. The van der Waals surface area contributed by atoms with E-state index in [1.807, 2.05) is 18.2 Å². The van der Waals surface area contributed by atoms with E-state index in [1.165, 1.54) is 5.56 Å². The number of nitrogens with zero attached hydrogens (tertiary/aromatic N) is 3. The minimum Gasteiger partial charge on any atom is -0.493 e. The van der Waals surface area contributed by atoms with Crippen LogP contribution in [0, 0.1) is 0 Å². The minimum atomic E-state index is -0.829. The number of rotatable bonds is 7. The lowest BCUT2D eigenvalue weighted by Gasteiger charge is -2.17. The van der Waals surface area contributed by atoms with Crippen molar-refractivity contribution in [1.82, 2.24) is 14.8 Å². The van der Waals surface area contributed by atoms with E-state index in [0.717, 1.165) is 54.0 Å². The summed E-state index contributed by atoms with van der Waals surface area (Å²) in [6.07, 6.45) is 4.78. The van der Waals surface area contributed by atoms with E-state index >= 15 is 0 Å². The number of fused-ring (bicyclic) bond motifs is 2. The molecule has 0 bridgehead atoms. The lowest BCUT2D eigenvalue weighted by molar-refractivity contribution is -0.137. The number of ether oxygens (including phenoxy) is 1. The molecule has 3 aromatic rings. The van der Waals surface area contributed by atoms with Crippen molar-refractivity contribution in [2.24, 2.45) is 0 Å². The molecule has 7 heteroatoms. The number of aliphatic carboxylic acids is 1. The van der Waals surface area contributed by atoms with Crippen molar-refractivity contribution in [3.05, 3.63) is 47.8 Å². The molecule has 0 atom stereocenters. The Hall–Kier alpha value is -3.09. The second-order valence-electron chi connectivity index (χ2n) is 6.67. The van der Waals surface area contributed by atoms with Gasteiger partial charge in [0.05, 0.1) is 31.3 Å². The molecular weight excluding hydrogens is 344 g/mol. The lowest BCUT2D eigenvalue weighted by Crippen LogP contribution is -2.14. The molecule has 140 valence electrons. The molecule has 27 heavy (non-hydrogen) atoms. The van der Waals surface area contributed by atoms with Gasteiger partial charge < -0.3 is 15.2 Å². The zero-order valence-corrected chi connectivity index (χ0v) is 15.0. The molecule has 1 aliphatic heterocycles.